The largest absolute Gasteiger partial charge is 0.304 e. The average molecular weight is 385 g/mol. The van der Waals surface area contributed by atoms with Gasteiger partial charge in [-0.15, -0.1) is 5.10 Å². The third kappa shape index (κ3) is 3.73. The zero-order valence-electron chi connectivity index (χ0n) is 15.1. The lowest BCUT2D eigenvalue weighted by atomic mass is 9.96. The molecule has 0 atom stereocenters. The number of anilines is 1. The number of carbonyl (C=O) groups is 1. The summed E-state index contributed by atoms with van der Waals surface area (Å²) in [7, 11) is 0. The van der Waals surface area contributed by atoms with Gasteiger partial charge in [0.2, 0.25) is 5.82 Å². The molecule has 3 aromatic rings. The van der Waals surface area contributed by atoms with Gasteiger partial charge in [0.05, 0.1) is 17.9 Å². The number of halogens is 1. The molecule has 2 heterocycles. The zero-order valence-corrected chi connectivity index (χ0v) is 15.9. The Bertz CT molecular complexity index is 940. The number of benzene rings is 1. The van der Waals surface area contributed by atoms with Gasteiger partial charge in [0.15, 0.2) is 0 Å². The Hall–Kier alpha value is -2.67. The van der Waals surface area contributed by atoms with Crippen molar-refractivity contribution in [3.8, 4) is 5.69 Å². The number of hydrogen-bond donors (Lipinski definition) is 1. The Morgan fingerprint density at radius 3 is 2.63 bits per heavy atom. The first-order valence-corrected chi connectivity index (χ1v) is 9.54. The molecule has 1 aromatic carbocycles. The summed E-state index contributed by atoms with van der Waals surface area (Å²) in [6.45, 7) is 1.81. The van der Waals surface area contributed by atoms with Crippen LogP contribution in [0.1, 0.15) is 54.6 Å². The lowest BCUT2D eigenvalue weighted by Crippen LogP contribution is -2.21. The van der Waals surface area contributed by atoms with Crippen molar-refractivity contribution in [2.75, 3.05) is 5.32 Å². The fraction of sp³-hybridized carbons (Fsp3) is 0.368. The minimum Gasteiger partial charge on any atom is -0.304 e. The van der Waals surface area contributed by atoms with Crippen LogP contribution < -0.4 is 5.32 Å². The number of amides is 1. The predicted octanol–water partition coefficient (Wildman–Crippen LogP) is 4.18. The first-order chi connectivity index (χ1) is 13.1. The molecule has 7 nitrogen and oxygen atoms in total. The minimum absolute atomic E-state index is 0.124. The van der Waals surface area contributed by atoms with Crippen molar-refractivity contribution in [2.24, 2.45) is 0 Å². The van der Waals surface area contributed by atoms with Crippen LogP contribution in [0.25, 0.3) is 5.69 Å². The van der Waals surface area contributed by atoms with Crippen molar-refractivity contribution in [3.05, 3.63) is 53.2 Å². The molecular formula is C19H21ClN6O. The summed E-state index contributed by atoms with van der Waals surface area (Å²) in [5.41, 5.74) is 0.802. The van der Waals surface area contributed by atoms with Crippen LogP contribution in [0.3, 0.4) is 0 Å². The van der Waals surface area contributed by atoms with E-state index >= 15 is 0 Å². The van der Waals surface area contributed by atoms with Crippen LogP contribution in [0, 0.1) is 6.92 Å². The van der Waals surface area contributed by atoms with Gasteiger partial charge in [0.25, 0.3) is 5.91 Å². The number of aryl methyl sites for hydroxylation is 1. The molecule has 0 unspecified atom stereocenters. The molecule has 0 spiro atoms. The van der Waals surface area contributed by atoms with E-state index in [0.29, 0.717) is 22.7 Å². The normalized spacial score (nSPS) is 15.0. The lowest BCUT2D eigenvalue weighted by Gasteiger charge is -2.23. The Kier molecular flexibility index (Phi) is 4.94. The summed E-state index contributed by atoms with van der Waals surface area (Å²) in [5, 5.41) is 12.3. The van der Waals surface area contributed by atoms with Crippen LogP contribution in [-0.2, 0) is 0 Å². The van der Waals surface area contributed by atoms with Crippen LogP contribution in [0.4, 0.5) is 5.82 Å². The van der Waals surface area contributed by atoms with Gasteiger partial charge in [-0.2, -0.15) is 5.10 Å². The van der Waals surface area contributed by atoms with Crippen LogP contribution in [0.5, 0.6) is 0 Å². The molecule has 0 aliphatic heterocycles. The minimum atomic E-state index is -0.344. The van der Waals surface area contributed by atoms with E-state index in [0.717, 1.165) is 18.5 Å². The molecule has 27 heavy (non-hydrogen) atoms. The van der Waals surface area contributed by atoms with Crippen molar-refractivity contribution in [2.45, 2.75) is 45.1 Å². The van der Waals surface area contributed by atoms with E-state index in [9.17, 15) is 4.79 Å². The van der Waals surface area contributed by atoms with E-state index in [-0.39, 0.29) is 11.7 Å². The molecule has 1 amide bonds. The smallest absolute Gasteiger partial charge is 0.296 e. The van der Waals surface area contributed by atoms with Crippen molar-refractivity contribution in [3.63, 3.8) is 0 Å². The molecule has 1 fully saturated rings. The third-order valence-electron chi connectivity index (χ3n) is 4.88. The van der Waals surface area contributed by atoms with E-state index in [4.69, 9.17) is 11.6 Å². The van der Waals surface area contributed by atoms with Crippen LogP contribution >= 0.6 is 11.6 Å². The Morgan fingerprint density at radius 1 is 1.15 bits per heavy atom. The number of aromatic nitrogens is 5. The number of nitrogens with zero attached hydrogens (tertiary/aromatic N) is 5. The molecule has 0 bridgehead atoms. The fourth-order valence-electron chi connectivity index (χ4n) is 3.52. The van der Waals surface area contributed by atoms with Gasteiger partial charge in [-0.25, -0.2) is 14.3 Å². The predicted molar refractivity (Wildman–Crippen MR) is 103 cm³/mol. The number of carbonyl (C=O) groups excluding carboxylic acids is 1. The number of nitrogens with one attached hydrogen (secondary N) is 1. The van der Waals surface area contributed by atoms with Gasteiger partial charge in [0.1, 0.15) is 11.6 Å². The highest BCUT2D eigenvalue weighted by Gasteiger charge is 2.21. The van der Waals surface area contributed by atoms with Gasteiger partial charge in [-0.3, -0.25) is 4.79 Å². The maximum Gasteiger partial charge on any atom is 0.296 e. The second kappa shape index (κ2) is 7.52. The number of rotatable bonds is 4. The summed E-state index contributed by atoms with van der Waals surface area (Å²) in [6.07, 6.45) is 7.56. The molecule has 140 valence electrons. The van der Waals surface area contributed by atoms with Gasteiger partial charge in [-0.1, -0.05) is 30.9 Å². The molecule has 1 aliphatic carbocycles. The monoisotopic (exact) mass is 384 g/mol. The lowest BCUT2D eigenvalue weighted by molar-refractivity contribution is 0.101. The zero-order chi connectivity index (χ0) is 18.8. The molecule has 0 saturated heterocycles. The first-order valence-electron chi connectivity index (χ1n) is 9.16. The molecule has 1 N–H and O–H groups in total. The topological polar surface area (TPSA) is 77.6 Å². The molecule has 1 saturated carbocycles. The van der Waals surface area contributed by atoms with E-state index in [2.05, 4.69) is 20.5 Å². The number of hydrogen-bond acceptors (Lipinski definition) is 4. The van der Waals surface area contributed by atoms with E-state index in [1.807, 2.05) is 29.8 Å². The van der Waals surface area contributed by atoms with Gasteiger partial charge >= 0.3 is 0 Å². The van der Waals surface area contributed by atoms with Crippen molar-refractivity contribution in [1.82, 2.24) is 24.5 Å². The second-order valence-corrected chi connectivity index (χ2v) is 7.21. The highest BCUT2D eigenvalue weighted by molar-refractivity contribution is 6.30. The molecular weight excluding hydrogens is 364 g/mol. The molecule has 2 aromatic heterocycles. The summed E-state index contributed by atoms with van der Waals surface area (Å²) >= 11 is 5.94. The Balaban J connectivity index is 1.53. The van der Waals surface area contributed by atoms with E-state index < -0.39 is 0 Å². The highest BCUT2D eigenvalue weighted by Crippen LogP contribution is 2.30. The van der Waals surface area contributed by atoms with Gasteiger partial charge in [-0.05, 0) is 44.0 Å². The summed E-state index contributed by atoms with van der Waals surface area (Å²) in [4.78, 5) is 17.0. The molecule has 8 heteroatoms. The first kappa shape index (κ1) is 17.7. The second-order valence-electron chi connectivity index (χ2n) is 6.78. The van der Waals surface area contributed by atoms with E-state index in [1.54, 1.807) is 23.0 Å². The third-order valence-corrected chi connectivity index (χ3v) is 5.13. The van der Waals surface area contributed by atoms with Crippen LogP contribution in [-0.4, -0.2) is 30.5 Å². The maximum absolute atomic E-state index is 12.7. The highest BCUT2D eigenvalue weighted by atomic mass is 35.5. The Morgan fingerprint density at radius 2 is 1.89 bits per heavy atom. The molecule has 0 radical (unpaired) electrons. The SMILES string of the molecule is Cc1nc(C(=O)Nc2ccnn2C2CCCCC2)nn1-c1ccc(Cl)cc1. The Labute approximate surface area is 162 Å². The van der Waals surface area contributed by atoms with Gasteiger partial charge < -0.3 is 5.32 Å². The fourth-order valence-corrected chi connectivity index (χ4v) is 3.64. The summed E-state index contributed by atoms with van der Waals surface area (Å²) in [6, 6.07) is 9.38. The van der Waals surface area contributed by atoms with Crippen LogP contribution in [0.2, 0.25) is 5.02 Å². The van der Waals surface area contributed by atoms with Crippen molar-refractivity contribution >= 4 is 23.3 Å². The molecule has 4 rings (SSSR count). The quantitative estimate of drug-likeness (QED) is 0.731. The summed E-state index contributed by atoms with van der Waals surface area (Å²) in [5.74, 6) is 1.10. The summed E-state index contributed by atoms with van der Waals surface area (Å²) < 4.78 is 3.55. The standard InChI is InChI=1S/C19H21ClN6O/c1-13-22-18(24-25(13)16-9-7-14(20)8-10-16)19(27)23-17-11-12-21-26(17)15-5-3-2-4-6-15/h7-12,15H,2-6H2,1H3,(H,23,27). The van der Waals surface area contributed by atoms with Crippen molar-refractivity contribution < 1.29 is 4.79 Å². The average Bonchev–Trinajstić information content (AvgIpc) is 3.30. The van der Waals surface area contributed by atoms with E-state index in [1.165, 1.54) is 19.3 Å². The maximum atomic E-state index is 12.7. The molecule has 1 aliphatic rings. The van der Waals surface area contributed by atoms with Gasteiger partial charge in [0, 0.05) is 11.1 Å². The van der Waals surface area contributed by atoms with Crippen molar-refractivity contribution in [1.29, 1.82) is 0 Å². The van der Waals surface area contributed by atoms with Crippen LogP contribution in [0.15, 0.2) is 36.5 Å².